The lowest BCUT2D eigenvalue weighted by molar-refractivity contribution is -0.384. The Hall–Kier alpha value is -4.41. The summed E-state index contributed by atoms with van der Waals surface area (Å²) in [5, 5.41) is 26.6. The van der Waals surface area contributed by atoms with Gasteiger partial charge in [0.15, 0.2) is 0 Å². The maximum absolute atomic E-state index is 12.3. The quantitative estimate of drug-likeness (QED) is 0.424. The van der Waals surface area contributed by atoms with Gasteiger partial charge in [0.05, 0.1) is 23.8 Å². The van der Waals surface area contributed by atoms with E-state index in [1.807, 2.05) is 0 Å². The largest absolute Gasteiger partial charge is 0.497 e. The predicted molar refractivity (Wildman–Crippen MR) is 104 cm³/mol. The van der Waals surface area contributed by atoms with Gasteiger partial charge in [-0.3, -0.25) is 14.9 Å². The van der Waals surface area contributed by atoms with Crippen LogP contribution in [0.4, 0.5) is 11.4 Å². The number of aromatic nitrogens is 2. The van der Waals surface area contributed by atoms with Crippen LogP contribution in [0.25, 0.3) is 0 Å². The van der Waals surface area contributed by atoms with Gasteiger partial charge in [-0.15, -0.1) is 0 Å². The topological polar surface area (TPSA) is 146 Å². The second kappa shape index (κ2) is 8.73. The zero-order chi connectivity index (χ0) is 21.7. The number of hydrogen-bond acceptors (Lipinski definition) is 7. The number of nitro groups is 1. The van der Waals surface area contributed by atoms with Crippen molar-refractivity contribution in [2.24, 2.45) is 0 Å². The molecule has 30 heavy (non-hydrogen) atoms. The number of rotatable bonds is 8. The monoisotopic (exact) mass is 412 g/mol. The number of nitrogens with zero attached hydrogens (tertiary/aromatic N) is 3. The number of carboxylic acids is 1. The summed E-state index contributed by atoms with van der Waals surface area (Å²) in [7, 11) is 1.52. The number of anilines is 1. The van der Waals surface area contributed by atoms with E-state index in [2.05, 4.69) is 10.4 Å². The zero-order valence-corrected chi connectivity index (χ0v) is 15.6. The summed E-state index contributed by atoms with van der Waals surface area (Å²) in [5.41, 5.74) is -0.337. The molecule has 154 valence electrons. The van der Waals surface area contributed by atoms with Crippen LogP contribution in [0.2, 0.25) is 0 Å². The summed E-state index contributed by atoms with van der Waals surface area (Å²) in [4.78, 5) is 34.0. The van der Waals surface area contributed by atoms with E-state index in [0.717, 1.165) is 4.68 Å². The highest BCUT2D eigenvalue weighted by molar-refractivity contribution is 5.92. The summed E-state index contributed by atoms with van der Waals surface area (Å²) < 4.78 is 11.7. The van der Waals surface area contributed by atoms with E-state index in [9.17, 15) is 19.7 Å². The molecule has 0 aliphatic rings. The van der Waals surface area contributed by atoms with Crippen LogP contribution in [0, 0.1) is 10.1 Å². The predicted octanol–water partition coefficient (Wildman–Crippen LogP) is 2.93. The van der Waals surface area contributed by atoms with E-state index in [4.69, 9.17) is 14.6 Å². The molecule has 3 aromatic rings. The van der Waals surface area contributed by atoms with Crippen molar-refractivity contribution in [2.45, 2.75) is 6.54 Å². The number of non-ortho nitro benzene ring substituents is 1. The Morgan fingerprint density at radius 1 is 1.13 bits per heavy atom. The number of carbonyl (C=O) groups excluding carboxylic acids is 1. The van der Waals surface area contributed by atoms with E-state index in [1.165, 1.54) is 37.6 Å². The summed E-state index contributed by atoms with van der Waals surface area (Å²) in [6.07, 6.45) is 1.25. The molecule has 0 spiro atoms. The van der Waals surface area contributed by atoms with Crippen LogP contribution in [0.3, 0.4) is 0 Å². The molecule has 0 fully saturated rings. The van der Waals surface area contributed by atoms with Gasteiger partial charge in [0, 0.05) is 18.3 Å². The highest BCUT2D eigenvalue weighted by Crippen LogP contribution is 2.30. The number of nitrogens with one attached hydrogen (secondary N) is 1. The molecule has 11 heteroatoms. The van der Waals surface area contributed by atoms with Gasteiger partial charge in [0.2, 0.25) is 5.91 Å². The lowest BCUT2D eigenvalue weighted by atomic mass is 10.2. The second-order valence-electron chi connectivity index (χ2n) is 5.98. The van der Waals surface area contributed by atoms with Gasteiger partial charge in [-0.2, -0.15) is 5.10 Å². The number of amides is 1. The van der Waals surface area contributed by atoms with Gasteiger partial charge < -0.3 is 19.9 Å². The van der Waals surface area contributed by atoms with Crippen molar-refractivity contribution in [3.63, 3.8) is 0 Å². The molecular formula is C19H16N4O7. The molecular weight excluding hydrogens is 396 g/mol. The van der Waals surface area contributed by atoms with E-state index in [1.54, 1.807) is 24.3 Å². The molecule has 0 aliphatic heterocycles. The Kier molecular flexibility index (Phi) is 5.92. The number of aromatic carboxylic acids is 1. The standard InChI is InChI=1S/C19H16N4O7/c1-29-14-2-4-15(5-3-14)30-16-9-12(8-13(10-16)23(27)28)21-18(24)11-22-17(19(25)26)6-7-20-22/h2-10H,11H2,1H3,(H,21,24)(H,25,26). The molecule has 1 amide bonds. The van der Waals surface area contributed by atoms with Gasteiger partial charge in [-0.05, 0) is 30.3 Å². The second-order valence-corrected chi connectivity index (χ2v) is 5.98. The van der Waals surface area contributed by atoms with Gasteiger partial charge in [-0.1, -0.05) is 0 Å². The molecule has 1 heterocycles. The maximum atomic E-state index is 12.3. The number of ether oxygens (including phenoxy) is 2. The normalized spacial score (nSPS) is 10.3. The van der Waals surface area contributed by atoms with Crippen LogP contribution in [0.15, 0.2) is 54.7 Å². The molecule has 2 N–H and O–H groups in total. The number of hydrogen-bond donors (Lipinski definition) is 2. The molecule has 0 aliphatic carbocycles. The fourth-order valence-electron chi connectivity index (χ4n) is 2.58. The summed E-state index contributed by atoms with van der Waals surface area (Å²) >= 11 is 0. The van der Waals surface area contributed by atoms with Crippen LogP contribution < -0.4 is 14.8 Å². The highest BCUT2D eigenvalue weighted by atomic mass is 16.6. The number of benzene rings is 2. The third-order valence-electron chi connectivity index (χ3n) is 3.91. The van der Waals surface area contributed by atoms with Crippen LogP contribution in [0.5, 0.6) is 17.2 Å². The maximum Gasteiger partial charge on any atom is 0.354 e. The van der Waals surface area contributed by atoms with Crippen molar-refractivity contribution >= 4 is 23.3 Å². The van der Waals surface area contributed by atoms with Crippen molar-refractivity contribution in [1.82, 2.24) is 9.78 Å². The van der Waals surface area contributed by atoms with Gasteiger partial charge in [-0.25, -0.2) is 9.48 Å². The lowest BCUT2D eigenvalue weighted by Crippen LogP contribution is -2.22. The number of carbonyl (C=O) groups is 2. The molecule has 3 rings (SSSR count). The first kappa shape index (κ1) is 20.3. The Labute approximate surface area is 169 Å². The van der Waals surface area contributed by atoms with Crippen molar-refractivity contribution in [2.75, 3.05) is 12.4 Å². The smallest absolute Gasteiger partial charge is 0.354 e. The minimum absolute atomic E-state index is 0.113. The van der Waals surface area contributed by atoms with Crippen LogP contribution >= 0.6 is 0 Å². The van der Waals surface area contributed by atoms with Crippen molar-refractivity contribution in [3.8, 4) is 17.2 Å². The molecule has 0 radical (unpaired) electrons. The van der Waals surface area contributed by atoms with Gasteiger partial charge in [0.25, 0.3) is 5.69 Å². The first-order chi connectivity index (χ1) is 14.4. The number of carboxylic acid groups (broad SMARTS) is 1. The molecule has 0 bridgehead atoms. The van der Waals surface area contributed by atoms with E-state index in [0.29, 0.717) is 11.5 Å². The van der Waals surface area contributed by atoms with Crippen LogP contribution in [0.1, 0.15) is 10.5 Å². The summed E-state index contributed by atoms with van der Waals surface area (Å²) in [5.74, 6) is -0.678. The Morgan fingerprint density at radius 2 is 1.83 bits per heavy atom. The first-order valence-corrected chi connectivity index (χ1v) is 8.52. The fraction of sp³-hybridized carbons (Fsp3) is 0.105. The number of nitro benzene ring substituents is 1. The average Bonchev–Trinajstić information content (AvgIpc) is 3.16. The molecule has 2 aromatic carbocycles. The molecule has 1 aromatic heterocycles. The van der Waals surface area contributed by atoms with Crippen molar-refractivity contribution < 1.29 is 29.1 Å². The van der Waals surface area contributed by atoms with Crippen molar-refractivity contribution in [3.05, 3.63) is 70.5 Å². The molecule has 0 atom stereocenters. The lowest BCUT2D eigenvalue weighted by Gasteiger charge is -2.10. The summed E-state index contributed by atoms with van der Waals surface area (Å²) in [6.45, 7) is -0.383. The number of methoxy groups -OCH3 is 1. The Morgan fingerprint density at radius 3 is 2.47 bits per heavy atom. The van der Waals surface area contributed by atoms with Gasteiger partial charge >= 0.3 is 5.97 Å². The average molecular weight is 412 g/mol. The molecule has 0 unspecified atom stereocenters. The highest BCUT2D eigenvalue weighted by Gasteiger charge is 2.16. The van der Waals surface area contributed by atoms with E-state index < -0.39 is 16.8 Å². The van der Waals surface area contributed by atoms with Crippen molar-refractivity contribution in [1.29, 1.82) is 0 Å². The minimum atomic E-state index is -1.23. The molecule has 0 saturated heterocycles. The Balaban J connectivity index is 1.79. The summed E-state index contributed by atoms with van der Waals surface area (Å²) in [6, 6.07) is 11.6. The zero-order valence-electron chi connectivity index (χ0n) is 15.6. The van der Waals surface area contributed by atoms with Crippen LogP contribution in [-0.2, 0) is 11.3 Å². The van der Waals surface area contributed by atoms with E-state index >= 15 is 0 Å². The first-order valence-electron chi connectivity index (χ1n) is 8.52. The Bertz CT molecular complexity index is 1090. The third-order valence-corrected chi connectivity index (χ3v) is 3.91. The third kappa shape index (κ3) is 4.90. The van der Waals surface area contributed by atoms with Gasteiger partial charge in [0.1, 0.15) is 29.5 Å². The SMILES string of the molecule is COc1ccc(Oc2cc(NC(=O)Cn3nccc3C(=O)O)cc([N+](=O)[O-])c2)cc1. The molecule has 11 nitrogen and oxygen atoms in total. The fourth-order valence-corrected chi connectivity index (χ4v) is 2.58. The van der Waals surface area contributed by atoms with Crippen LogP contribution in [-0.4, -0.2) is 38.8 Å². The van der Waals surface area contributed by atoms with E-state index in [-0.39, 0.29) is 29.4 Å². The molecule has 0 saturated carbocycles. The minimum Gasteiger partial charge on any atom is -0.497 e.